The third-order valence-electron chi connectivity index (χ3n) is 1.86. The molecule has 102 valence electrons. The zero-order valence-electron chi connectivity index (χ0n) is 11.1. The molecule has 0 spiro atoms. The molecule has 17 heavy (non-hydrogen) atoms. The first kappa shape index (κ1) is 16.1. The molecule has 0 aliphatic carbocycles. The summed E-state index contributed by atoms with van der Waals surface area (Å²) in [6.45, 7) is 8.31. The molecular weight excluding hydrogens is 226 g/mol. The number of carbonyl (C=O) groups is 1. The number of ether oxygens (including phenoxy) is 1. The van der Waals surface area contributed by atoms with Gasteiger partial charge in [-0.15, -0.1) is 0 Å². The second-order valence-electron chi connectivity index (χ2n) is 5.41. The number of aliphatic hydroxyl groups is 2. The summed E-state index contributed by atoms with van der Waals surface area (Å²) in [5.41, 5.74) is 0.324. The van der Waals surface area contributed by atoms with E-state index in [9.17, 15) is 15.0 Å². The Kier molecular flexibility index (Phi) is 5.87. The molecule has 0 saturated carbocycles. The van der Waals surface area contributed by atoms with Crippen LogP contribution in [0, 0.1) is 0 Å². The lowest BCUT2D eigenvalue weighted by molar-refractivity contribution is -0.0709. The SMILES string of the molecule is CC(C)(C)OC(=O)NOCCC(O)C(C)(C)O. The van der Waals surface area contributed by atoms with Gasteiger partial charge in [-0.2, -0.15) is 5.48 Å². The minimum absolute atomic E-state index is 0.0877. The predicted octanol–water partition coefficient (Wildman–Crippen LogP) is 0.965. The largest absolute Gasteiger partial charge is 0.442 e. The van der Waals surface area contributed by atoms with Crippen LogP contribution in [0.3, 0.4) is 0 Å². The average Bonchev–Trinajstić information content (AvgIpc) is 2.07. The highest BCUT2D eigenvalue weighted by Gasteiger charge is 2.24. The minimum atomic E-state index is -1.19. The molecular formula is C11H23NO5. The molecule has 1 atom stereocenters. The normalized spacial score (nSPS) is 14.3. The van der Waals surface area contributed by atoms with Gasteiger partial charge in [0.1, 0.15) is 5.60 Å². The van der Waals surface area contributed by atoms with Gasteiger partial charge in [-0.3, -0.25) is 4.84 Å². The van der Waals surface area contributed by atoms with Crippen molar-refractivity contribution in [1.82, 2.24) is 5.48 Å². The highest BCUT2D eigenvalue weighted by molar-refractivity contribution is 5.66. The Morgan fingerprint density at radius 2 is 1.82 bits per heavy atom. The molecule has 6 heteroatoms. The van der Waals surface area contributed by atoms with E-state index in [4.69, 9.17) is 9.57 Å². The van der Waals surface area contributed by atoms with E-state index in [2.05, 4.69) is 5.48 Å². The van der Waals surface area contributed by atoms with Gasteiger partial charge in [0.15, 0.2) is 0 Å². The maximum Gasteiger partial charge on any atom is 0.431 e. The van der Waals surface area contributed by atoms with Crippen LogP contribution in [0.1, 0.15) is 41.0 Å². The van der Waals surface area contributed by atoms with Gasteiger partial charge in [0.25, 0.3) is 0 Å². The smallest absolute Gasteiger partial charge is 0.431 e. The lowest BCUT2D eigenvalue weighted by Gasteiger charge is -2.24. The van der Waals surface area contributed by atoms with Crippen LogP contribution in [0.4, 0.5) is 4.79 Å². The molecule has 1 unspecified atom stereocenters. The van der Waals surface area contributed by atoms with Gasteiger partial charge in [-0.25, -0.2) is 4.79 Å². The summed E-state index contributed by atoms with van der Waals surface area (Å²) in [6, 6.07) is 0. The lowest BCUT2D eigenvalue weighted by Crippen LogP contribution is -2.38. The van der Waals surface area contributed by atoms with Crippen molar-refractivity contribution in [3.05, 3.63) is 0 Å². The lowest BCUT2D eigenvalue weighted by atomic mass is 10.00. The highest BCUT2D eigenvalue weighted by atomic mass is 16.7. The van der Waals surface area contributed by atoms with E-state index in [-0.39, 0.29) is 13.0 Å². The molecule has 0 aromatic heterocycles. The summed E-state index contributed by atoms with van der Waals surface area (Å²) in [4.78, 5) is 15.9. The first-order valence-corrected chi connectivity index (χ1v) is 5.53. The number of aliphatic hydroxyl groups excluding tert-OH is 1. The van der Waals surface area contributed by atoms with E-state index < -0.39 is 23.4 Å². The fourth-order valence-electron chi connectivity index (χ4n) is 0.933. The second-order valence-corrected chi connectivity index (χ2v) is 5.41. The molecule has 1 amide bonds. The van der Waals surface area contributed by atoms with Crippen molar-refractivity contribution in [2.45, 2.75) is 58.3 Å². The van der Waals surface area contributed by atoms with Crippen LogP contribution >= 0.6 is 0 Å². The summed E-state index contributed by atoms with van der Waals surface area (Å²) in [5, 5.41) is 18.9. The Balaban J connectivity index is 3.69. The summed E-state index contributed by atoms with van der Waals surface area (Å²) in [5.74, 6) is 0. The molecule has 0 radical (unpaired) electrons. The van der Waals surface area contributed by atoms with Crippen LogP contribution in [-0.4, -0.2) is 40.2 Å². The molecule has 3 N–H and O–H groups in total. The standard InChI is InChI=1S/C11H23NO5/c1-10(2,3)17-9(14)12-16-7-6-8(13)11(4,5)15/h8,13,15H,6-7H2,1-5H3,(H,12,14). The number of hydroxylamine groups is 1. The Bertz CT molecular complexity index is 241. The number of hydrogen-bond donors (Lipinski definition) is 3. The maximum atomic E-state index is 11.1. The minimum Gasteiger partial charge on any atom is -0.442 e. The number of rotatable bonds is 5. The van der Waals surface area contributed by atoms with Gasteiger partial charge in [-0.1, -0.05) is 0 Å². The third-order valence-corrected chi connectivity index (χ3v) is 1.86. The van der Waals surface area contributed by atoms with Crippen LogP contribution in [0.2, 0.25) is 0 Å². The molecule has 0 bridgehead atoms. The number of hydrogen-bond acceptors (Lipinski definition) is 5. The molecule has 0 saturated heterocycles. The summed E-state index contributed by atoms with van der Waals surface area (Å²) in [7, 11) is 0. The first-order chi connectivity index (χ1) is 7.52. The van der Waals surface area contributed by atoms with Gasteiger partial charge in [0.2, 0.25) is 0 Å². The van der Waals surface area contributed by atoms with Crippen LogP contribution in [0.15, 0.2) is 0 Å². The van der Waals surface area contributed by atoms with Crippen LogP contribution < -0.4 is 5.48 Å². The van der Waals surface area contributed by atoms with Crippen molar-refractivity contribution < 1.29 is 24.6 Å². The van der Waals surface area contributed by atoms with Crippen molar-refractivity contribution in [2.24, 2.45) is 0 Å². The maximum absolute atomic E-state index is 11.1. The fraction of sp³-hybridized carbons (Fsp3) is 0.909. The van der Waals surface area contributed by atoms with Crippen molar-refractivity contribution >= 4 is 6.09 Å². The molecule has 0 aromatic carbocycles. The van der Waals surface area contributed by atoms with Crippen molar-refractivity contribution in [1.29, 1.82) is 0 Å². The zero-order chi connectivity index (χ0) is 13.7. The zero-order valence-corrected chi connectivity index (χ0v) is 11.1. The number of nitrogens with one attached hydrogen (secondary N) is 1. The van der Waals surface area contributed by atoms with E-state index in [1.54, 1.807) is 20.8 Å². The van der Waals surface area contributed by atoms with E-state index in [1.807, 2.05) is 0 Å². The molecule has 0 fully saturated rings. The van der Waals surface area contributed by atoms with Crippen LogP contribution in [-0.2, 0) is 9.57 Å². The third kappa shape index (κ3) is 8.91. The Morgan fingerprint density at radius 1 is 1.29 bits per heavy atom. The molecule has 0 heterocycles. The Hall–Kier alpha value is -0.850. The topological polar surface area (TPSA) is 88.0 Å². The number of amides is 1. The summed E-state index contributed by atoms with van der Waals surface area (Å²) in [6.07, 6.45) is -1.39. The first-order valence-electron chi connectivity index (χ1n) is 5.53. The predicted molar refractivity (Wildman–Crippen MR) is 62.2 cm³/mol. The van der Waals surface area contributed by atoms with E-state index >= 15 is 0 Å². The van der Waals surface area contributed by atoms with Gasteiger partial charge in [0.05, 0.1) is 18.3 Å². The second kappa shape index (κ2) is 6.18. The van der Waals surface area contributed by atoms with Gasteiger partial charge >= 0.3 is 6.09 Å². The quantitative estimate of drug-likeness (QED) is 0.499. The molecule has 0 rings (SSSR count). The van der Waals surface area contributed by atoms with Gasteiger partial charge in [-0.05, 0) is 34.6 Å². The van der Waals surface area contributed by atoms with E-state index in [0.29, 0.717) is 0 Å². The summed E-state index contributed by atoms with van der Waals surface area (Å²) >= 11 is 0. The van der Waals surface area contributed by atoms with E-state index in [1.165, 1.54) is 13.8 Å². The fourth-order valence-corrected chi connectivity index (χ4v) is 0.933. The van der Waals surface area contributed by atoms with Crippen molar-refractivity contribution in [3.63, 3.8) is 0 Å². The Labute approximate surface area is 102 Å². The molecule has 6 nitrogen and oxygen atoms in total. The summed E-state index contributed by atoms with van der Waals surface area (Å²) < 4.78 is 4.93. The van der Waals surface area contributed by atoms with Crippen LogP contribution in [0.25, 0.3) is 0 Å². The molecule has 0 aromatic rings. The average molecular weight is 249 g/mol. The van der Waals surface area contributed by atoms with Crippen LogP contribution in [0.5, 0.6) is 0 Å². The highest BCUT2D eigenvalue weighted by Crippen LogP contribution is 2.11. The Morgan fingerprint density at radius 3 is 2.24 bits per heavy atom. The number of carbonyl (C=O) groups excluding carboxylic acids is 1. The van der Waals surface area contributed by atoms with Gasteiger partial charge in [0, 0.05) is 6.42 Å². The molecule has 0 aliphatic heterocycles. The monoisotopic (exact) mass is 249 g/mol. The van der Waals surface area contributed by atoms with Crippen molar-refractivity contribution in [2.75, 3.05) is 6.61 Å². The van der Waals surface area contributed by atoms with Gasteiger partial charge < -0.3 is 14.9 Å². The van der Waals surface area contributed by atoms with Crippen molar-refractivity contribution in [3.8, 4) is 0 Å². The molecule has 0 aliphatic rings. The van der Waals surface area contributed by atoms with E-state index in [0.717, 1.165) is 0 Å².